The van der Waals surface area contributed by atoms with Crippen LogP contribution < -0.4 is 0 Å². The number of hydrogen-bond acceptors (Lipinski definition) is 17. The van der Waals surface area contributed by atoms with Gasteiger partial charge in [-0.2, -0.15) is 0 Å². The molecule has 5 aliphatic heterocycles. The molecule has 0 radical (unpaired) electrons. The molecule has 1 spiro atoms. The van der Waals surface area contributed by atoms with Gasteiger partial charge in [-0.25, -0.2) is 0 Å². The number of ether oxygens (including phenoxy) is 8. The Bertz CT molecular complexity index is 1610. The third-order valence-electron chi connectivity index (χ3n) is 17.7. The van der Waals surface area contributed by atoms with Crippen LogP contribution in [0.3, 0.4) is 0 Å². The maximum absolute atomic E-state index is 11.6. The molecule has 354 valence electrons. The van der Waals surface area contributed by atoms with Gasteiger partial charge in [0.15, 0.2) is 24.7 Å². The van der Waals surface area contributed by atoms with E-state index in [0.29, 0.717) is 48.3 Å². The van der Waals surface area contributed by atoms with E-state index in [1.54, 1.807) is 0 Å². The van der Waals surface area contributed by atoms with Crippen molar-refractivity contribution in [1.82, 2.24) is 0 Å². The minimum Gasteiger partial charge on any atom is -0.394 e. The topological polar surface area (TPSA) is 256 Å². The van der Waals surface area contributed by atoms with Crippen LogP contribution in [0.2, 0.25) is 0 Å². The fourth-order valence-corrected chi connectivity index (χ4v) is 14.0. The van der Waals surface area contributed by atoms with Gasteiger partial charge in [-0.05, 0) is 98.7 Å². The van der Waals surface area contributed by atoms with Crippen LogP contribution in [0.25, 0.3) is 0 Å². The molecule has 8 fully saturated rings. The summed E-state index contributed by atoms with van der Waals surface area (Å²) in [5, 5.41) is 95.8. The van der Waals surface area contributed by atoms with Crippen LogP contribution in [0.4, 0.5) is 0 Å². The zero-order valence-electron chi connectivity index (χ0n) is 36.6. The molecular formula is C45H72O17. The van der Waals surface area contributed by atoms with Crippen molar-refractivity contribution in [2.75, 3.05) is 19.8 Å². The Morgan fingerprint density at radius 2 is 1.34 bits per heavy atom. The van der Waals surface area contributed by atoms with Gasteiger partial charge in [0.25, 0.3) is 0 Å². The summed E-state index contributed by atoms with van der Waals surface area (Å²) in [7, 11) is 0. The number of hydrogen-bond donors (Lipinski definition) is 9. The fraction of sp³-hybridized carbons (Fsp3) is 0.956. The predicted octanol–water partition coefficient (Wildman–Crippen LogP) is 0.214. The van der Waals surface area contributed by atoms with Gasteiger partial charge >= 0.3 is 0 Å². The molecule has 62 heavy (non-hydrogen) atoms. The minimum absolute atomic E-state index is 0.0518. The van der Waals surface area contributed by atoms with Gasteiger partial charge in [0.2, 0.25) is 0 Å². The van der Waals surface area contributed by atoms with Crippen LogP contribution in [0.1, 0.15) is 92.4 Å². The summed E-state index contributed by atoms with van der Waals surface area (Å²) in [6.45, 7) is 10.4. The molecule has 0 aromatic rings. The molecule has 9 aliphatic rings. The summed E-state index contributed by atoms with van der Waals surface area (Å²) in [6.07, 6.45) is -12.4. The van der Waals surface area contributed by atoms with Crippen LogP contribution in [0.5, 0.6) is 0 Å². The largest absolute Gasteiger partial charge is 0.394 e. The highest BCUT2D eigenvalue weighted by Gasteiger charge is 2.69. The summed E-state index contributed by atoms with van der Waals surface area (Å²) in [5.74, 6) is 2.51. The van der Waals surface area contributed by atoms with E-state index < -0.39 is 117 Å². The van der Waals surface area contributed by atoms with E-state index in [9.17, 15) is 46.0 Å². The predicted molar refractivity (Wildman–Crippen MR) is 214 cm³/mol. The van der Waals surface area contributed by atoms with Crippen LogP contribution in [0.15, 0.2) is 11.6 Å². The average Bonchev–Trinajstić information content (AvgIpc) is 3.70. The number of allylic oxidation sites excluding steroid dienone is 1. The molecule has 0 bridgehead atoms. The number of aliphatic hydroxyl groups is 9. The fourth-order valence-electron chi connectivity index (χ4n) is 14.0. The first-order chi connectivity index (χ1) is 29.4. The molecular weight excluding hydrogens is 812 g/mol. The Kier molecular flexibility index (Phi) is 12.9. The first-order valence-corrected chi connectivity index (χ1v) is 23.4. The van der Waals surface area contributed by atoms with E-state index >= 15 is 0 Å². The molecule has 5 saturated heterocycles. The highest BCUT2D eigenvalue weighted by atomic mass is 16.8. The molecule has 9 rings (SSSR count). The van der Waals surface area contributed by atoms with E-state index in [1.807, 2.05) is 0 Å². The van der Waals surface area contributed by atoms with Crippen molar-refractivity contribution in [3.05, 3.63) is 11.6 Å². The van der Waals surface area contributed by atoms with Crippen molar-refractivity contribution in [3.8, 4) is 0 Å². The number of fused-ring (bicyclic) bond motifs is 7. The smallest absolute Gasteiger partial charge is 0.187 e. The third-order valence-corrected chi connectivity index (χ3v) is 17.7. The van der Waals surface area contributed by atoms with Gasteiger partial charge in [0.05, 0.1) is 38.1 Å². The van der Waals surface area contributed by atoms with E-state index in [4.69, 9.17) is 37.9 Å². The van der Waals surface area contributed by atoms with Gasteiger partial charge in [0.1, 0.15) is 67.1 Å². The van der Waals surface area contributed by atoms with Crippen molar-refractivity contribution in [2.45, 2.75) is 203 Å². The normalized spacial score (nSPS) is 57.6. The summed E-state index contributed by atoms with van der Waals surface area (Å²) in [4.78, 5) is 0. The number of rotatable bonds is 8. The number of aliphatic hydroxyl groups excluding tert-OH is 9. The second-order valence-corrected chi connectivity index (χ2v) is 21.1. The molecule has 0 aromatic heterocycles. The van der Waals surface area contributed by atoms with E-state index in [2.05, 4.69) is 33.8 Å². The van der Waals surface area contributed by atoms with E-state index in [-0.39, 0.29) is 16.9 Å². The molecule has 17 nitrogen and oxygen atoms in total. The van der Waals surface area contributed by atoms with Crippen molar-refractivity contribution >= 4 is 0 Å². The van der Waals surface area contributed by atoms with Crippen molar-refractivity contribution in [2.24, 2.45) is 46.3 Å². The first kappa shape index (κ1) is 46.2. The molecule has 4 aliphatic carbocycles. The Morgan fingerprint density at radius 3 is 2.03 bits per heavy atom. The van der Waals surface area contributed by atoms with Gasteiger partial charge in [-0.15, -0.1) is 0 Å². The molecule has 26 atom stereocenters. The molecule has 0 aromatic carbocycles. The maximum Gasteiger partial charge on any atom is 0.187 e. The van der Waals surface area contributed by atoms with Crippen molar-refractivity contribution in [1.29, 1.82) is 0 Å². The Labute approximate surface area is 363 Å². The second kappa shape index (κ2) is 17.3. The molecule has 17 heteroatoms. The van der Waals surface area contributed by atoms with Gasteiger partial charge in [-0.1, -0.05) is 39.3 Å². The molecule has 0 unspecified atom stereocenters. The highest BCUT2D eigenvalue weighted by Crippen LogP contribution is 2.70. The average molecular weight is 885 g/mol. The minimum atomic E-state index is -1.83. The monoisotopic (exact) mass is 884 g/mol. The zero-order valence-corrected chi connectivity index (χ0v) is 36.6. The Morgan fingerprint density at radius 1 is 0.677 bits per heavy atom. The standard InChI is InChI=1S/C45H72O17/c1-19-8-13-45(55-18-19)20(2)30-27(62-45)15-26-24-7-6-22-14-23(9-11-43(22,4)25(24)10-12-44(26,30)5)57-42-39(61-41-37(54)35(52)32(49)28(16-46)58-41)38(33(50)29(17-47)59-42)60-40-36(53)34(51)31(48)21(3)56-40/h6,19-21,23-42,46-54H,7-18H2,1-5H3/t19-,20+,21+,23-,24-,25+,26-,27-,28-,29-,30+,31+,32-,33-,34-,35+,36-,37-,38+,39-,40+,41+,42-,43+,44+,45-/m1/s1. The van der Waals surface area contributed by atoms with Crippen LogP contribution in [0, 0.1) is 46.3 Å². The summed E-state index contributed by atoms with van der Waals surface area (Å²) in [6, 6.07) is 0. The quantitative estimate of drug-likeness (QED) is 0.148. The van der Waals surface area contributed by atoms with Gasteiger partial charge in [-0.3, -0.25) is 0 Å². The van der Waals surface area contributed by atoms with Crippen LogP contribution >= 0.6 is 0 Å². The first-order valence-electron chi connectivity index (χ1n) is 23.4. The van der Waals surface area contributed by atoms with Crippen LogP contribution in [-0.2, 0) is 37.9 Å². The summed E-state index contributed by atoms with van der Waals surface area (Å²) < 4.78 is 50.3. The molecule has 0 amide bonds. The lowest BCUT2D eigenvalue weighted by atomic mass is 9.47. The maximum atomic E-state index is 11.6. The lowest BCUT2D eigenvalue weighted by Crippen LogP contribution is -2.67. The molecule has 5 heterocycles. The highest BCUT2D eigenvalue weighted by molar-refractivity contribution is 5.26. The van der Waals surface area contributed by atoms with Crippen molar-refractivity contribution in [3.63, 3.8) is 0 Å². The van der Waals surface area contributed by atoms with Gasteiger partial charge in [0, 0.05) is 12.3 Å². The lowest BCUT2D eigenvalue weighted by Gasteiger charge is -2.59. The van der Waals surface area contributed by atoms with Gasteiger partial charge < -0.3 is 83.9 Å². The summed E-state index contributed by atoms with van der Waals surface area (Å²) >= 11 is 0. The SMILES string of the molecule is C[C@@H]1CC[C@@]2(OC1)O[C@@H]1C[C@@H]3[C@@H]4CC=C5C[C@H](O[C@@H]6O[C@H](CO)[C@@H](O)[C@H](O[C@@H]7O[C@@H](C)[C@H](O)[C@@H](O)[C@H]7O)[C@H]6O[C@@H]6O[C@H](CO)[C@@H](O)[C@H](O)[C@H]6O)CC[C@]5(C)[C@H]4CC[C@]3(C)[C@H]1[C@@H]2C. The second-order valence-electron chi connectivity index (χ2n) is 21.1. The Balaban J connectivity index is 0.941. The van der Waals surface area contributed by atoms with Crippen LogP contribution in [-0.4, -0.2) is 176 Å². The van der Waals surface area contributed by atoms with E-state index in [1.165, 1.54) is 12.5 Å². The van der Waals surface area contributed by atoms with Crippen molar-refractivity contribution < 1.29 is 83.9 Å². The zero-order chi connectivity index (χ0) is 44.2. The Hall–Kier alpha value is -0.940. The van der Waals surface area contributed by atoms with E-state index in [0.717, 1.165) is 51.6 Å². The third kappa shape index (κ3) is 7.49. The lowest BCUT2D eigenvalue weighted by molar-refractivity contribution is -0.394. The molecule has 9 N–H and O–H groups in total. The summed E-state index contributed by atoms with van der Waals surface area (Å²) in [5.41, 5.74) is 1.45. The molecule has 3 saturated carbocycles.